The molecule has 1 heterocycles. The third kappa shape index (κ3) is 7.06. The number of hydrogen-bond donors (Lipinski definition) is 5. The van der Waals surface area contributed by atoms with Gasteiger partial charge in [-0.3, -0.25) is 0 Å². The minimum atomic E-state index is -1.53. The molecule has 0 spiro atoms. The summed E-state index contributed by atoms with van der Waals surface area (Å²) in [4.78, 5) is 0. The summed E-state index contributed by atoms with van der Waals surface area (Å²) in [5.74, 6) is 20.6. The Labute approximate surface area is 152 Å². The van der Waals surface area contributed by atoms with Crippen LogP contribution in [0.3, 0.4) is 0 Å². The van der Waals surface area contributed by atoms with Crippen molar-refractivity contribution in [1.29, 1.82) is 0 Å². The van der Waals surface area contributed by atoms with E-state index in [4.69, 9.17) is 14.6 Å². The normalized spacial score (nSPS) is 28.0. The second kappa shape index (κ2) is 12.3. The molecule has 7 nitrogen and oxygen atoms in total. The van der Waals surface area contributed by atoms with Gasteiger partial charge < -0.3 is 35.0 Å². The molecule has 0 aromatic carbocycles. The number of rotatable bonds is 6. The highest BCUT2D eigenvalue weighted by Gasteiger charge is 2.44. The van der Waals surface area contributed by atoms with Crippen molar-refractivity contribution in [3.8, 4) is 47.4 Å². The van der Waals surface area contributed by atoms with Crippen LogP contribution in [0.4, 0.5) is 0 Å². The van der Waals surface area contributed by atoms with E-state index >= 15 is 0 Å². The highest BCUT2D eigenvalue weighted by atomic mass is 16.7. The average Bonchev–Trinajstić information content (AvgIpc) is 2.65. The van der Waals surface area contributed by atoms with Crippen molar-refractivity contribution < 1.29 is 35.0 Å². The predicted molar refractivity (Wildman–Crippen MR) is 91.7 cm³/mol. The first kappa shape index (κ1) is 22.0. The van der Waals surface area contributed by atoms with Crippen LogP contribution < -0.4 is 0 Å². The van der Waals surface area contributed by atoms with Gasteiger partial charge in [-0.2, -0.15) is 0 Å². The lowest BCUT2D eigenvalue weighted by Gasteiger charge is -2.40. The fraction of sp³-hybridized carbons (Fsp3) is 0.579. The Morgan fingerprint density at radius 3 is 2.19 bits per heavy atom. The van der Waals surface area contributed by atoms with E-state index in [9.17, 15) is 20.4 Å². The molecule has 1 aliphatic rings. The van der Waals surface area contributed by atoms with Crippen LogP contribution in [0.1, 0.15) is 19.8 Å². The molecule has 1 rings (SSSR count). The lowest BCUT2D eigenvalue weighted by Crippen LogP contribution is -2.59. The zero-order chi connectivity index (χ0) is 19.4. The summed E-state index contributed by atoms with van der Waals surface area (Å²) < 4.78 is 10.7. The standard InChI is InChI=1S/C19H22O7/c1-2-3-4-5-6-7-8-9-10-11-14(12-20)25-19-18(24)17(23)16(22)15(13-21)26-19/h14-24H,10-13H2,1H3/t14?,15?,16-,17?,18-,19+/m0/s1. The van der Waals surface area contributed by atoms with E-state index in [1.54, 1.807) is 6.92 Å². The number of ether oxygens (including phenoxy) is 2. The van der Waals surface area contributed by atoms with Crippen molar-refractivity contribution in [3.63, 3.8) is 0 Å². The summed E-state index contributed by atoms with van der Waals surface area (Å²) in [6.07, 6.45) is -6.87. The van der Waals surface area contributed by atoms with E-state index in [0.29, 0.717) is 12.8 Å². The highest BCUT2D eigenvalue weighted by Crippen LogP contribution is 2.23. The molecule has 0 bridgehead atoms. The molecule has 5 N–H and O–H groups in total. The first-order chi connectivity index (χ1) is 12.5. The molecule has 6 atom stereocenters. The molecular weight excluding hydrogens is 340 g/mol. The lowest BCUT2D eigenvalue weighted by atomic mass is 9.99. The van der Waals surface area contributed by atoms with Crippen LogP contribution in [-0.4, -0.2) is 75.6 Å². The second-order valence-corrected chi connectivity index (χ2v) is 5.35. The minimum Gasteiger partial charge on any atom is -0.394 e. The Morgan fingerprint density at radius 2 is 1.58 bits per heavy atom. The van der Waals surface area contributed by atoms with Gasteiger partial charge in [-0.1, -0.05) is 11.8 Å². The van der Waals surface area contributed by atoms with Crippen LogP contribution in [0.2, 0.25) is 0 Å². The van der Waals surface area contributed by atoms with E-state index in [1.165, 1.54) is 0 Å². The Hall–Kier alpha value is -2.04. The van der Waals surface area contributed by atoms with Crippen LogP contribution in [0.25, 0.3) is 0 Å². The number of aliphatic hydroxyl groups is 5. The molecule has 0 radical (unpaired) electrons. The predicted octanol–water partition coefficient (Wildman–Crippen LogP) is -2.02. The van der Waals surface area contributed by atoms with E-state index in [1.807, 2.05) is 0 Å². The minimum absolute atomic E-state index is 0.327. The molecule has 0 aliphatic carbocycles. The van der Waals surface area contributed by atoms with Crippen molar-refractivity contribution in [2.24, 2.45) is 0 Å². The van der Waals surface area contributed by atoms with E-state index in [2.05, 4.69) is 47.4 Å². The monoisotopic (exact) mass is 362 g/mol. The van der Waals surface area contributed by atoms with Gasteiger partial charge in [-0.05, 0) is 48.9 Å². The van der Waals surface area contributed by atoms with Crippen LogP contribution in [0.5, 0.6) is 0 Å². The molecule has 1 saturated heterocycles. The molecule has 140 valence electrons. The summed E-state index contributed by atoms with van der Waals surface area (Å²) in [7, 11) is 0. The Balaban J connectivity index is 2.52. The van der Waals surface area contributed by atoms with Crippen LogP contribution in [0, 0.1) is 47.4 Å². The molecule has 1 fully saturated rings. The molecule has 0 amide bonds. The van der Waals surface area contributed by atoms with Gasteiger partial charge >= 0.3 is 0 Å². The van der Waals surface area contributed by atoms with Crippen LogP contribution in [0.15, 0.2) is 0 Å². The number of aliphatic hydroxyl groups excluding tert-OH is 5. The maximum Gasteiger partial charge on any atom is 0.187 e. The first-order valence-corrected chi connectivity index (χ1v) is 8.01. The summed E-state index contributed by atoms with van der Waals surface area (Å²) in [5.41, 5.74) is 0. The Morgan fingerprint density at radius 1 is 0.923 bits per heavy atom. The molecule has 26 heavy (non-hydrogen) atoms. The zero-order valence-corrected chi connectivity index (χ0v) is 14.3. The van der Waals surface area contributed by atoms with Gasteiger partial charge in [0, 0.05) is 6.42 Å². The van der Waals surface area contributed by atoms with Gasteiger partial charge in [-0.25, -0.2) is 0 Å². The van der Waals surface area contributed by atoms with E-state index in [0.717, 1.165) is 0 Å². The third-order valence-electron chi connectivity index (χ3n) is 3.50. The third-order valence-corrected chi connectivity index (χ3v) is 3.50. The maximum atomic E-state index is 9.90. The number of hydrogen-bond acceptors (Lipinski definition) is 7. The summed E-state index contributed by atoms with van der Waals surface area (Å²) in [6.45, 7) is 0.765. The zero-order valence-electron chi connectivity index (χ0n) is 14.3. The fourth-order valence-electron chi connectivity index (χ4n) is 2.10. The largest absolute Gasteiger partial charge is 0.394 e. The fourth-order valence-corrected chi connectivity index (χ4v) is 2.10. The van der Waals surface area contributed by atoms with Crippen molar-refractivity contribution >= 4 is 0 Å². The molecular formula is C19H22O7. The van der Waals surface area contributed by atoms with Crippen molar-refractivity contribution in [1.82, 2.24) is 0 Å². The van der Waals surface area contributed by atoms with Crippen LogP contribution >= 0.6 is 0 Å². The summed E-state index contributed by atoms with van der Waals surface area (Å²) in [5, 5.41) is 47.8. The quantitative estimate of drug-likeness (QED) is 0.346. The van der Waals surface area contributed by atoms with Crippen molar-refractivity contribution in [2.75, 3.05) is 13.2 Å². The maximum absolute atomic E-state index is 9.90. The molecule has 7 heteroatoms. The lowest BCUT2D eigenvalue weighted by molar-refractivity contribution is -0.313. The van der Waals surface area contributed by atoms with E-state index in [-0.39, 0.29) is 6.61 Å². The van der Waals surface area contributed by atoms with Crippen LogP contribution in [-0.2, 0) is 9.47 Å². The SMILES string of the molecule is CC#CC#CC#CC#CCCC(CO)O[C@@H]1OC(CO)[C@H](O)C(O)[C@@H]1O. The smallest absolute Gasteiger partial charge is 0.187 e. The van der Waals surface area contributed by atoms with Crippen molar-refractivity contribution in [2.45, 2.75) is 56.6 Å². The van der Waals surface area contributed by atoms with Gasteiger partial charge in [0.05, 0.1) is 19.3 Å². The average molecular weight is 362 g/mol. The second-order valence-electron chi connectivity index (χ2n) is 5.35. The highest BCUT2D eigenvalue weighted by molar-refractivity contribution is 5.39. The molecule has 0 saturated carbocycles. The van der Waals surface area contributed by atoms with Gasteiger partial charge in [0.25, 0.3) is 0 Å². The Bertz CT molecular complexity index is 672. The molecule has 1 aliphatic heterocycles. The van der Waals surface area contributed by atoms with Gasteiger partial charge in [-0.15, -0.1) is 0 Å². The van der Waals surface area contributed by atoms with Gasteiger partial charge in [0.15, 0.2) is 6.29 Å². The topological polar surface area (TPSA) is 120 Å². The summed E-state index contributed by atoms with van der Waals surface area (Å²) in [6, 6.07) is 0. The Kier molecular flexibility index (Phi) is 10.4. The summed E-state index contributed by atoms with van der Waals surface area (Å²) >= 11 is 0. The van der Waals surface area contributed by atoms with Gasteiger partial charge in [0.1, 0.15) is 24.4 Å². The first-order valence-electron chi connectivity index (χ1n) is 8.01. The van der Waals surface area contributed by atoms with Gasteiger partial charge in [0.2, 0.25) is 0 Å². The molecule has 0 aromatic heterocycles. The molecule has 3 unspecified atom stereocenters. The molecule has 0 aromatic rings. The van der Waals surface area contributed by atoms with Crippen molar-refractivity contribution in [3.05, 3.63) is 0 Å². The van der Waals surface area contributed by atoms with E-state index < -0.39 is 43.4 Å².